The number of rotatable bonds is 1. The molecule has 1 saturated carbocycles. The quantitative estimate of drug-likeness (QED) is 0.740. The SMILES string of the molecule is Cc1cc(C2CCCCC2)n[nH]c1=O. The summed E-state index contributed by atoms with van der Waals surface area (Å²) in [5, 5.41) is 6.69. The molecule has 0 aliphatic heterocycles. The molecule has 76 valence electrons. The van der Waals surface area contributed by atoms with Crippen molar-refractivity contribution in [2.24, 2.45) is 0 Å². The van der Waals surface area contributed by atoms with Gasteiger partial charge in [-0.25, -0.2) is 5.10 Å². The van der Waals surface area contributed by atoms with Crippen molar-refractivity contribution in [1.29, 1.82) is 0 Å². The van der Waals surface area contributed by atoms with Crippen LogP contribution in [0.25, 0.3) is 0 Å². The second kappa shape index (κ2) is 3.95. The summed E-state index contributed by atoms with van der Waals surface area (Å²) < 4.78 is 0. The van der Waals surface area contributed by atoms with E-state index in [-0.39, 0.29) is 5.56 Å². The molecule has 1 aliphatic rings. The molecule has 0 saturated heterocycles. The van der Waals surface area contributed by atoms with Crippen LogP contribution >= 0.6 is 0 Å². The van der Waals surface area contributed by atoms with Gasteiger partial charge < -0.3 is 0 Å². The molecule has 0 amide bonds. The first-order chi connectivity index (χ1) is 6.77. The number of hydrogen-bond donors (Lipinski definition) is 1. The Kier molecular flexibility index (Phi) is 2.66. The molecule has 1 aromatic heterocycles. The summed E-state index contributed by atoms with van der Waals surface area (Å²) in [6.07, 6.45) is 6.38. The number of H-pyrrole nitrogens is 1. The molecule has 0 bridgehead atoms. The van der Waals surface area contributed by atoms with Gasteiger partial charge in [-0.15, -0.1) is 0 Å². The molecule has 3 nitrogen and oxygen atoms in total. The standard InChI is InChI=1S/C11H16N2O/c1-8-7-10(12-13-11(8)14)9-5-3-2-4-6-9/h7,9H,2-6H2,1H3,(H,13,14). The fourth-order valence-corrected chi connectivity index (χ4v) is 2.13. The Bertz CT molecular complexity index is 364. The molecule has 1 aromatic rings. The van der Waals surface area contributed by atoms with Crippen LogP contribution < -0.4 is 5.56 Å². The van der Waals surface area contributed by atoms with Crippen LogP contribution in [0.2, 0.25) is 0 Å². The van der Waals surface area contributed by atoms with Crippen molar-refractivity contribution >= 4 is 0 Å². The van der Waals surface area contributed by atoms with Gasteiger partial charge in [-0.3, -0.25) is 4.79 Å². The number of aryl methyl sites for hydroxylation is 1. The monoisotopic (exact) mass is 192 g/mol. The minimum Gasteiger partial charge on any atom is -0.268 e. The zero-order valence-corrected chi connectivity index (χ0v) is 8.55. The molecule has 1 aliphatic carbocycles. The maximum atomic E-state index is 11.1. The molecule has 0 radical (unpaired) electrons. The fraction of sp³-hybridized carbons (Fsp3) is 0.636. The lowest BCUT2D eigenvalue weighted by Gasteiger charge is -2.20. The topological polar surface area (TPSA) is 45.8 Å². The Balaban J connectivity index is 2.22. The van der Waals surface area contributed by atoms with Crippen molar-refractivity contribution < 1.29 is 0 Å². The highest BCUT2D eigenvalue weighted by Crippen LogP contribution is 2.30. The minimum absolute atomic E-state index is 0.0652. The Morgan fingerprint density at radius 3 is 2.71 bits per heavy atom. The third kappa shape index (κ3) is 1.86. The van der Waals surface area contributed by atoms with E-state index in [0.29, 0.717) is 5.92 Å². The highest BCUT2D eigenvalue weighted by Gasteiger charge is 2.17. The first-order valence-corrected chi connectivity index (χ1v) is 5.33. The second-order valence-electron chi connectivity index (χ2n) is 4.14. The van der Waals surface area contributed by atoms with E-state index in [1.807, 2.05) is 13.0 Å². The normalized spacial score (nSPS) is 18.4. The van der Waals surface area contributed by atoms with E-state index >= 15 is 0 Å². The summed E-state index contributed by atoms with van der Waals surface area (Å²) in [5.74, 6) is 0.569. The first-order valence-electron chi connectivity index (χ1n) is 5.33. The van der Waals surface area contributed by atoms with E-state index < -0.39 is 0 Å². The van der Waals surface area contributed by atoms with Gasteiger partial charge in [0, 0.05) is 11.5 Å². The average Bonchev–Trinajstić information content (AvgIpc) is 2.23. The summed E-state index contributed by atoms with van der Waals surface area (Å²) in [5.41, 5.74) is 1.78. The highest BCUT2D eigenvalue weighted by atomic mass is 16.1. The van der Waals surface area contributed by atoms with E-state index in [4.69, 9.17) is 0 Å². The molecule has 0 unspecified atom stereocenters. The van der Waals surface area contributed by atoms with Crippen molar-refractivity contribution in [2.45, 2.75) is 44.9 Å². The molecule has 2 rings (SSSR count). The highest BCUT2D eigenvalue weighted by molar-refractivity contribution is 5.14. The Morgan fingerprint density at radius 1 is 1.36 bits per heavy atom. The van der Waals surface area contributed by atoms with Crippen molar-refractivity contribution in [3.63, 3.8) is 0 Å². The molecule has 1 heterocycles. The Hall–Kier alpha value is -1.12. The van der Waals surface area contributed by atoms with Crippen molar-refractivity contribution in [3.8, 4) is 0 Å². The van der Waals surface area contributed by atoms with Gasteiger partial charge in [0.1, 0.15) is 0 Å². The molecule has 3 heteroatoms. The van der Waals surface area contributed by atoms with Crippen LogP contribution in [0.3, 0.4) is 0 Å². The zero-order chi connectivity index (χ0) is 9.97. The molecule has 0 aromatic carbocycles. The smallest absolute Gasteiger partial charge is 0.267 e. The van der Waals surface area contributed by atoms with Crippen LogP contribution in [-0.2, 0) is 0 Å². The third-order valence-electron chi connectivity index (χ3n) is 3.03. The molecular weight excluding hydrogens is 176 g/mol. The van der Waals surface area contributed by atoms with Gasteiger partial charge in [0.2, 0.25) is 0 Å². The van der Waals surface area contributed by atoms with Crippen LogP contribution in [0, 0.1) is 6.92 Å². The molecule has 0 spiro atoms. The van der Waals surface area contributed by atoms with Gasteiger partial charge in [0.15, 0.2) is 0 Å². The number of hydrogen-bond acceptors (Lipinski definition) is 2. The van der Waals surface area contributed by atoms with Gasteiger partial charge in [0.25, 0.3) is 5.56 Å². The third-order valence-corrected chi connectivity index (χ3v) is 3.03. The largest absolute Gasteiger partial charge is 0.268 e. The number of nitrogens with zero attached hydrogens (tertiary/aromatic N) is 1. The summed E-state index contributed by atoms with van der Waals surface area (Å²) in [4.78, 5) is 11.1. The summed E-state index contributed by atoms with van der Waals surface area (Å²) in [6, 6.07) is 1.94. The van der Waals surface area contributed by atoms with Gasteiger partial charge in [-0.05, 0) is 25.8 Å². The van der Waals surface area contributed by atoms with Gasteiger partial charge in [0.05, 0.1) is 5.69 Å². The van der Waals surface area contributed by atoms with E-state index in [9.17, 15) is 4.79 Å². The van der Waals surface area contributed by atoms with Crippen LogP contribution in [0.5, 0.6) is 0 Å². The van der Waals surface area contributed by atoms with Crippen LogP contribution in [0.1, 0.15) is 49.3 Å². The second-order valence-corrected chi connectivity index (χ2v) is 4.14. The van der Waals surface area contributed by atoms with Crippen molar-refractivity contribution in [2.75, 3.05) is 0 Å². The number of nitrogens with one attached hydrogen (secondary N) is 1. The minimum atomic E-state index is -0.0652. The maximum absolute atomic E-state index is 11.1. The number of aromatic amines is 1. The predicted octanol–water partition coefficient (Wildman–Crippen LogP) is 2.13. The van der Waals surface area contributed by atoms with Crippen molar-refractivity contribution in [1.82, 2.24) is 10.2 Å². The van der Waals surface area contributed by atoms with E-state index in [0.717, 1.165) is 11.3 Å². The lowest BCUT2D eigenvalue weighted by molar-refractivity contribution is 0.433. The first kappa shape index (κ1) is 9.44. The zero-order valence-electron chi connectivity index (χ0n) is 8.55. The predicted molar refractivity (Wildman–Crippen MR) is 55.4 cm³/mol. The molecule has 14 heavy (non-hydrogen) atoms. The van der Waals surface area contributed by atoms with Crippen LogP contribution in [-0.4, -0.2) is 10.2 Å². The summed E-state index contributed by atoms with van der Waals surface area (Å²) >= 11 is 0. The average molecular weight is 192 g/mol. The van der Waals surface area contributed by atoms with E-state index in [1.54, 1.807) is 0 Å². The molecule has 0 atom stereocenters. The van der Waals surface area contributed by atoms with Gasteiger partial charge >= 0.3 is 0 Å². The fourth-order valence-electron chi connectivity index (χ4n) is 2.13. The maximum Gasteiger partial charge on any atom is 0.267 e. The summed E-state index contributed by atoms with van der Waals surface area (Å²) in [7, 11) is 0. The lowest BCUT2D eigenvalue weighted by Crippen LogP contribution is -2.15. The summed E-state index contributed by atoms with van der Waals surface area (Å²) in [6.45, 7) is 1.84. The van der Waals surface area contributed by atoms with Gasteiger partial charge in [-0.2, -0.15) is 5.10 Å². The molecular formula is C11H16N2O. The lowest BCUT2D eigenvalue weighted by atomic mass is 9.86. The van der Waals surface area contributed by atoms with Gasteiger partial charge in [-0.1, -0.05) is 19.3 Å². The Labute approximate surface area is 83.5 Å². The van der Waals surface area contributed by atoms with E-state index in [2.05, 4.69) is 10.2 Å². The van der Waals surface area contributed by atoms with Crippen LogP contribution in [0.15, 0.2) is 10.9 Å². The molecule has 1 fully saturated rings. The van der Waals surface area contributed by atoms with E-state index in [1.165, 1.54) is 32.1 Å². The number of aromatic nitrogens is 2. The van der Waals surface area contributed by atoms with Crippen LogP contribution in [0.4, 0.5) is 0 Å². The Morgan fingerprint density at radius 2 is 2.07 bits per heavy atom. The van der Waals surface area contributed by atoms with Crippen molar-refractivity contribution in [3.05, 3.63) is 27.7 Å². The molecule has 1 N–H and O–H groups in total.